The number of hydrogen-bond acceptors (Lipinski definition) is 9. The lowest BCUT2D eigenvalue weighted by molar-refractivity contribution is 0.171. The molecule has 0 amide bonds. The summed E-state index contributed by atoms with van der Waals surface area (Å²) in [6.07, 6.45) is 2.12. The predicted octanol–water partition coefficient (Wildman–Crippen LogP) is 1.25. The van der Waals surface area contributed by atoms with Gasteiger partial charge in [0.2, 0.25) is 0 Å². The van der Waals surface area contributed by atoms with Crippen LogP contribution >= 0.6 is 27.4 Å². The quantitative estimate of drug-likeness (QED) is 0.438. The normalized spacial score (nSPS) is 23.9. The maximum absolute atomic E-state index is 11.4. The van der Waals surface area contributed by atoms with Crippen molar-refractivity contribution in [3.8, 4) is 0 Å². The van der Waals surface area contributed by atoms with Crippen LogP contribution in [0.15, 0.2) is 6.20 Å². The van der Waals surface area contributed by atoms with Gasteiger partial charge in [-0.2, -0.15) is 4.31 Å². The van der Waals surface area contributed by atoms with Crippen molar-refractivity contribution >= 4 is 33.2 Å². The fraction of sp³-hybridized carbons (Fsp3) is 0.667. The van der Waals surface area contributed by atoms with Crippen LogP contribution in [-0.2, 0) is 24.5 Å². The molecule has 3 unspecified atom stereocenters. The molecule has 0 aliphatic carbocycles. The van der Waals surface area contributed by atoms with Crippen molar-refractivity contribution in [2.45, 2.75) is 38.1 Å². The third kappa shape index (κ3) is 6.56. The van der Waals surface area contributed by atoms with E-state index in [0.29, 0.717) is 24.6 Å². The van der Waals surface area contributed by atoms with Gasteiger partial charge in [0, 0.05) is 35.5 Å². The first-order valence-electron chi connectivity index (χ1n) is 7.65. The summed E-state index contributed by atoms with van der Waals surface area (Å²) < 4.78 is 30.4. The molecule has 2 rings (SSSR count). The van der Waals surface area contributed by atoms with Crippen LogP contribution in [-0.4, -0.2) is 53.3 Å². The van der Waals surface area contributed by atoms with Crippen molar-refractivity contribution < 1.29 is 32.6 Å². The second-order valence-electron chi connectivity index (χ2n) is 5.81. The molecule has 0 spiro atoms. The molecule has 148 valence electrons. The first-order valence-corrected chi connectivity index (χ1v) is 11.7. The molecule has 5 N–H and O–H groups in total. The fourth-order valence-electron chi connectivity index (χ4n) is 2.49. The van der Waals surface area contributed by atoms with E-state index in [1.165, 1.54) is 0 Å². The largest absolute Gasteiger partial charge is 0.481 e. The molecule has 2 heterocycles. The molecule has 1 saturated heterocycles. The molecule has 11 nitrogen and oxygen atoms in total. The average molecular weight is 428 g/mol. The number of rotatable bonds is 8. The molecule has 0 aromatic carbocycles. The smallest absolute Gasteiger partial charge is 0.383 e. The number of phosphoric acid groups is 2. The van der Waals surface area contributed by atoms with E-state index in [9.17, 15) is 14.0 Å². The third-order valence-electron chi connectivity index (χ3n) is 3.83. The standard InChI is InChI=1S/C12H22N4O7P2S/c1-8-11(3-4-22-25(20,21)23-24(17,18)19)26-7-16(8)6-10-5-14-9(2)15-12(10)13/h5,8,11H,3-4,6-7H2,1-2H3,(H,20,21)(H2,13,14,15)(H2,17,18,19). The minimum Gasteiger partial charge on any atom is -0.383 e. The molecule has 14 heteroatoms. The Kier molecular flexibility index (Phi) is 7.23. The summed E-state index contributed by atoms with van der Waals surface area (Å²) in [5.41, 5.74) is 6.75. The summed E-state index contributed by atoms with van der Waals surface area (Å²) in [5.74, 6) is 1.78. The molecule has 1 aliphatic rings. The Bertz CT molecular complexity index is 734. The first-order chi connectivity index (χ1) is 12.0. The van der Waals surface area contributed by atoms with E-state index in [4.69, 9.17) is 15.5 Å². The number of nitrogens with zero attached hydrogens (tertiary/aromatic N) is 3. The van der Waals surface area contributed by atoms with Gasteiger partial charge in [-0.3, -0.25) is 9.42 Å². The van der Waals surface area contributed by atoms with Gasteiger partial charge in [-0.1, -0.05) is 0 Å². The summed E-state index contributed by atoms with van der Waals surface area (Å²) in [6, 6.07) is 0.130. The highest BCUT2D eigenvalue weighted by molar-refractivity contribution is 8.00. The lowest BCUT2D eigenvalue weighted by atomic mass is 10.1. The lowest BCUT2D eigenvalue weighted by Gasteiger charge is -2.24. The molecule has 1 aromatic heterocycles. The number of thioether (sulfide) groups is 1. The van der Waals surface area contributed by atoms with Crippen molar-refractivity contribution in [2.75, 3.05) is 18.2 Å². The monoisotopic (exact) mass is 428 g/mol. The molecule has 1 aliphatic heterocycles. The van der Waals surface area contributed by atoms with Gasteiger partial charge in [0.15, 0.2) is 0 Å². The number of phosphoric ester groups is 1. The van der Waals surface area contributed by atoms with Crippen molar-refractivity contribution in [3.05, 3.63) is 17.6 Å². The second kappa shape index (κ2) is 8.64. The molecule has 1 fully saturated rings. The zero-order valence-corrected chi connectivity index (χ0v) is 16.9. The zero-order valence-electron chi connectivity index (χ0n) is 14.3. The van der Waals surface area contributed by atoms with Gasteiger partial charge in [-0.05, 0) is 20.3 Å². The number of nitrogen functional groups attached to an aromatic ring is 1. The Morgan fingerprint density at radius 1 is 1.42 bits per heavy atom. The number of hydrogen-bond donors (Lipinski definition) is 4. The van der Waals surface area contributed by atoms with E-state index in [-0.39, 0.29) is 17.9 Å². The van der Waals surface area contributed by atoms with Crippen molar-refractivity contribution in [1.29, 1.82) is 0 Å². The van der Waals surface area contributed by atoms with Gasteiger partial charge >= 0.3 is 15.6 Å². The maximum Gasteiger partial charge on any atom is 0.481 e. The Hall–Kier alpha value is -0.550. The summed E-state index contributed by atoms with van der Waals surface area (Å²) >= 11 is 1.65. The topological polar surface area (TPSA) is 168 Å². The molecule has 0 radical (unpaired) electrons. The second-order valence-corrected chi connectivity index (χ2v) is 9.84. The number of aryl methyl sites for hydroxylation is 1. The van der Waals surface area contributed by atoms with Crippen molar-refractivity contribution in [3.63, 3.8) is 0 Å². The third-order valence-corrected chi connectivity index (χ3v) is 7.55. The van der Waals surface area contributed by atoms with Gasteiger partial charge in [0.1, 0.15) is 11.6 Å². The molecule has 3 atom stereocenters. The van der Waals surface area contributed by atoms with Gasteiger partial charge in [0.25, 0.3) is 0 Å². The van der Waals surface area contributed by atoms with Crippen LogP contribution in [0.2, 0.25) is 0 Å². The van der Waals surface area contributed by atoms with Crippen LogP contribution in [0, 0.1) is 6.92 Å². The van der Waals surface area contributed by atoms with E-state index in [2.05, 4.69) is 23.7 Å². The van der Waals surface area contributed by atoms with Crippen molar-refractivity contribution in [1.82, 2.24) is 14.9 Å². The van der Waals surface area contributed by atoms with Crippen LogP contribution in [0.4, 0.5) is 5.82 Å². The zero-order chi connectivity index (χ0) is 19.5. The van der Waals surface area contributed by atoms with Gasteiger partial charge in [0.05, 0.1) is 6.61 Å². The maximum atomic E-state index is 11.4. The SMILES string of the molecule is Cc1ncc(CN2CSC(CCOP(=O)(O)OP(=O)(O)O)C2C)c(N)n1. The summed E-state index contributed by atoms with van der Waals surface area (Å²) in [4.78, 5) is 36.9. The van der Waals surface area contributed by atoms with Gasteiger partial charge in [-0.25, -0.2) is 19.1 Å². The van der Waals surface area contributed by atoms with E-state index >= 15 is 0 Å². The Morgan fingerprint density at radius 3 is 2.73 bits per heavy atom. The highest BCUT2D eigenvalue weighted by Gasteiger charge is 2.35. The van der Waals surface area contributed by atoms with Crippen LogP contribution < -0.4 is 5.73 Å². The molecular weight excluding hydrogens is 406 g/mol. The lowest BCUT2D eigenvalue weighted by Crippen LogP contribution is -2.32. The van der Waals surface area contributed by atoms with Crippen LogP contribution in [0.1, 0.15) is 24.7 Å². The number of anilines is 1. The Balaban J connectivity index is 1.84. The Morgan fingerprint density at radius 2 is 2.12 bits per heavy atom. The Labute approximate surface area is 155 Å². The summed E-state index contributed by atoms with van der Waals surface area (Å²) in [6.45, 7) is 4.19. The molecule has 1 aromatic rings. The minimum absolute atomic E-state index is 0.109. The van der Waals surface area contributed by atoms with Crippen LogP contribution in [0.25, 0.3) is 0 Å². The highest BCUT2D eigenvalue weighted by atomic mass is 32.2. The van der Waals surface area contributed by atoms with Crippen molar-refractivity contribution in [2.24, 2.45) is 0 Å². The van der Waals surface area contributed by atoms with Crippen LogP contribution in [0.3, 0.4) is 0 Å². The van der Waals surface area contributed by atoms with E-state index in [1.807, 2.05) is 6.92 Å². The molecule has 26 heavy (non-hydrogen) atoms. The van der Waals surface area contributed by atoms with E-state index in [1.54, 1.807) is 24.9 Å². The van der Waals surface area contributed by atoms with Gasteiger partial charge < -0.3 is 20.4 Å². The minimum atomic E-state index is -5.10. The summed E-state index contributed by atoms with van der Waals surface area (Å²) in [7, 11) is -9.89. The molecule has 0 saturated carbocycles. The highest BCUT2D eigenvalue weighted by Crippen LogP contribution is 2.57. The van der Waals surface area contributed by atoms with E-state index in [0.717, 1.165) is 11.4 Å². The number of aromatic nitrogens is 2. The number of nitrogens with two attached hydrogens (primary N) is 1. The van der Waals surface area contributed by atoms with Gasteiger partial charge in [-0.15, -0.1) is 11.8 Å². The summed E-state index contributed by atoms with van der Waals surface area (Å²) in [5, 5.41) is 0.109. The van der Waals surface area contributed by atoms with E-state index < -0.39 is 15.6 Å². The molecule has 0 bridgehead atoms. The van der Waals surface area contributed by atoms with Crippen LogP contribution in [0.5, 0.6) is 0 Å². The molecular formula is C12H22N4O7P2S. The first kappa shape index (κ1) is 21.7. The fourth-order valence-corrected chi connectivity index (χ4v) is 5.52. The predicted molar refractivity (Wildman–Crippen MR) is 96.0 cm³/mol. The average Bonchev–Trinajstić information content (AvgIpc) is 2.80.